The van der Waals surface area contributed by atoms with Crippen LogP contribution in [0.15, 0.2) is 22.3 Å². The quantitative estimate of drug-likeness (QED) is 0.0865. The molecule has 166 valence electrons. The van der Waals surface area contributed by atoms with Gasteiger partial charge >= 0.3 is 35.7 Å². The Morgan fingerprint density at radius 1 is 1.50 bits per heavy atom. The van der Waals surface area contributed by atoms with Crippen LogP contribution in [0.5, 0.6) is 0 Å². The number of carbonyl (C=O) groups excluding carboxylic acids is 4. The summed E-state index contributed by atoms with van der Waals surface area (Å²) in [5.74, 6) is -3.67. The molecule has 3 amide bonds. The Morgan fingerprint density at radius 2 is 2.19 bits per heavy atom. The second kappa shape index (κ2) is 10.1. The summed E-state index contributed by atoms with van der Waals surface area (Å²) in [6, 6.07) is 0. The maximum atomic E-state index is 12.7. The average Bonchev–Trinajstić information content (AvgIpc) is 3.15. The van der Waals surface area contributed by atoms with Crippen molar-refractivity contribution < 1.29 is 63.8 Å². The van der Waals surface area contributed by atoms with Crippen molar-refractivity contribution in [2.75, 3.05) is 32.2 Å². The monoisotopic (exact) mass is 492 g/mol. The van der Waals surface area contributed by atoms with E-state index in [1.807, 2.05) is 0 Å². The Labute approximate surface area is 211 Å². The molecular weight excluding hydrogens is 475 g/mol. The van der Waals surface area contributed by atoms with Gasteiger partial charge in [-0.2, -0.15) is 0 Å². The minimum atomic E-state index is -2.37. The van der Waals surface area contributed by atoms with Crippen molar-refractivity contribution in [1.82, 2.24) is 20.1 Å². The van der Waals surface area contributed by atoms with Gasteiger partial charge in [0.15, 0.2) is 16.4 Å². The smallest absolute Gasteiger partial charge is 0.547 e. The molecule has 3 heterocycles. The van der Waals surface area contributed by atoms with E-state index in [0.717, 1.165) is 28.0 Å². The van der Waals surface area contributed by atoms with Gasteiger partial charge in [-0.25, -0.2) is 9.78 Å². The zero-order valence-corrected chi connectivity index (χ0v) is 20.9. The van der Waals surface area contributed by atoms with E-state index in [2.05, 4.69) is 15.5 Å². The number of oxime groups is 1. The van der Waals surface area contributed by atoms with Crippen LogP contribution in [-0.4, -0.2) is 86.9 Å². The molecule has 1 aromatic heterocycles. The van der Waals surface area contributed by atoms with Crippen molar-refractivity contribution in [3.05, 3.63) is 22.8 Å². The van der Waals surface area contributed by atoms with Crippen molar-refractivity contribution in [2.24, 2.45) is 5.16 Å². The molecule has 2 aliphatic rings. The van der Waals surface area contributed by atoms with Crippen molar-refractivity contribution in [2.45, 2.75) is 10.9 Å². The first-order valence-electron chi connectivity index (χ1n) is 8.57. The number of nitrogen functional groups attached to an aromatic ring is 1. The summed E-state index contributed by atoms with van der Waals surface area (Å²) < 4.78 is 5.06. The molecule has 2 atom stereocenters. The molecule has 1 fully saturated rings. The number of aliphatic carboxylic acids is 1. The van der Waals surface area contributed by atoms with Crippen LogP contribution in [0.1, 0.15) is 5.69 Å². The van der Waals surface area contributed by atoms with Gasteiger partial charge in [-0.3, -0.25) is 9.59 Å². The fourth-order valence-electron chi connectivity index (χ4n) is 2.87. The van der Waals surface area contributed by atoms with E-state index in [0.29, 0.717) is 5.57 Å². The molecule has 0 bridgehead atoms. The molecule has 1 unspecified atom stereocenters. The summed E-state index contributed by atoms with van der Waals surface area (Å²) >= 11 is 2.02. The van der Waals surface area contributed by atoms with Crippen LogP contribution in [-0.2, 0) is 19.1 Å². The van der Waals surface area contributed by atoms with Crippen molar-refractivity contribution in [3.63, 3.8) is 0 Å². The fourth-order valence-corrected chi connectivity index (χ4v) is 4.78. The van der Waals surface area contributed by atoms with Crippen molar-refractivity contribution >= 4 is 57.8 Å². The first kappa shape index (κ1) is 25.9. The number of carboxylic acids is 1. The van der Waals surface area contributed by atoms with Gasteiger partial charge in [-0.1, -0.05) is 5.16 Å². The van der Waals surface area contributed by atoms with Crippen LogP contribution in [0.3, 0.4) is 0 Å². The number of hydrogen-bond donors (Lipinski definition) is 3. The number of thiazole rings is 1. The molecule has 3 rings (SSSR count). The molecule has 16 heteroatoms. The molecule has 0 spiro atoms. The molecular formula is C16H17N6NaO7S2. The van der Waals surface area contributed by atoms with Crippen LogP contribution in [0.2, 0.25) is 0 Å². The van der Waals surface area contributed by atoms with E-state index in [9.17, 15) is 29.5 Å². The number of nitrogens with zero attached hydrogens (tertiary/aromatic N) is 4. The van der Waals surface area contributed by atoms with Gasteiger partial charge in [-0.05, 0) is 5.57 Å². The Hall–Kier alpha value is -2.33. The van der Waals surface area contributed by atoms with Gasteiger partial charge in [0.25, 0.3) is 11.8 Å². The molecule has 0 saturated carbocycles. The number of anilines is 1. The van der Waals surface area contributed by atoms with Gasteiger partial charge in [0.1, 0.15) is 17.7 Å². The Bertz CT molecular complexity index is 1010. The van der Waals surface area contributed by atoms with E-state index in [1.165, 1.54) is 30.6 Å². The molecule has 0 aliphatic carbocycles. The van der Waals surface area contributed by atoms with Crippen LogP contribution in [0, 0.1) is 0 Å². The topological polar surface area (TPSA) is 191 Å². The number of amides is 3. The molecule has 32 heavy (non-hydrogen) atoms. The number of hydrogen-bond acceptors (Lipinski definition) is 12. The molecule has 1 saturated heterocycles. The number of ether oxygens (including phenoxy) is 1. The number of carboxylic acid groups (broad SMARTS) is 1. The zero-order valence-electron chi connectivity index (χ0n) is 17.2. The molecule has 0 radical (unpaired) electrons. The molecule has 4 N–H and O–H groups in total. The zero-order chi connectivity index (χ0) is 22.9. The number of β-lactam (4-membered cyclic amide) rings is 1. The number of rotatable bonds is 6. The average molecular weight is 492 g/mol. The maximum Gasteiger partial charge on any atom is 1.00 e. The van der Waals surface area contributed by atoms with Gasteiger partial charge in [0.2, 0.25) is 0 Å². The van der Waals surface area contributed by atoms with Crippen molar-refractivity contribution in [3.8, 4) is 0 Å². The Morgan fingerprint density at radius 3 is 2.72 bits per heavy atom. The van der Waals surface area contributed by atoms with Gasteiger partial charge in [0, 0.05) is 31.4 Å². The molecule has 2 aliphatic heterocycles. The van der Waals surface area contributed by atoms with E-state index >= 15 is 0 Å². The number of fused-ring (bicyclic) bond motifs is 1. The summed E-state index contributed by atoms with van der Waals surface area (Å²) in [7, 11) is 3.03. The third-order valence-electron chi connectivity index (χ3n) is 4.40. The van der Waals surface area contributed by atoms with Crippen LogP contribution < -0.4 is 45.7 Å². The van der Waals surface area contributed by atoms with E-state index in [-0.39, 0.29) is 52.7 Å². The minimum absolute atomic E-state index is 0. The standard InChI is InChI=1S/C16H18N6O7S2.Na/c1-21(2)15(27)29-4-7-3-22-11(24)16(13(25)26,12(22)30-5-7)19-10(23)9(20-28)8-6-31-14(17)18-8;/h3,6,12,28H,4-5H2,1-2H3,(H2,17,18)(H,19,23)(H,25,26);/q;+1/p-1/b20-9-;/t12-,16?;/m0./s1. The molecule has 0 aromatic carbocycles. The molecule has 13 nitrogen and oxygen atoms in total. The van der Waals surface area contributed by atoms with Crippen LogP contribution >= 0.6 is 23.1 Å². The first-order valence-corrected chi connectivity index (χ1v) is 10.5. The third kappa shape index (κ3) is 4.56. The van der Waals surface area contributed by atoms with Gasteiger partial charge in [0.05, 0.1) is 5.97 Å². The SMILES string of the molecule is CN(C)C(=O)OCC1=CN2C(=O)C(NC(=O)/C(=N\O)c3csc(N)n3)(C(=O)[O-])[C@@H]2SC1.[Na+]. The van der Waals surface area contributed by atoms with E-state index in [1.54, 1.807) is 0 Å². The minimum Gasteiger partial charge on any atom is -0.547 e. The van der Waals surface area contributed by atoms with Crippen molar-refractivity contribution in [1.29, 1.82) is 0 Å². The Kier molecular flexibility index (Phi) is 8.17. The predicted molar refractivity (Wildman–Crippen MR) is 107 cm³/mol. The number of aromatic nitrogens is 1. The number of carbonyl (C=O) groups is 4. The largest absolute Gasteiger partial charge is 1.00 e. The summed E-state index contributed by atoms with van der Waals surface area (Å²) in [6.07, 6.45) is 0.805. The third-order valence-corrected chi connectivity index (χ3v) is 6.51. The summed E-state index contributed by atoms with van der Waals surface area (Å²) in [6.45, 7) is -0.0856. The van der Waals surface area contributed by atoms with Crippen LogP contribution in [0.25, 0.3) is 0 Å². The number of nitrogens with two attached hydrogens (primary N) is 1. The normalized spacial score (nSPS) is 22.0. The number of nitrogens with one attached hydrogen (secondary N) is 1. The van der Waals surface area contributed by atoms with Crippen LogP contribution in [0.4, 0.5) is 9.93 Å². The second-order valence-corrected chi connectivity index (χ2v) is 8.64. The van der Waals surface area contributed by atoms with E-state index < -0.39 is 40.5 Å². The fraction of sp³-hybridized carbons (Fsp3) is 0.375. The summed E-state index contributed by atoms with van der Waals surface area (Å²) in [4.78, 5) is 54.9. The second-order valence-electron chi connectivity index (χ2n) is 6.68. The predicted octanol–water partition coefficient (Wildman–Crippen LogP) is -4.99. The maximum absolute atomic E-state index is 12.7. The summed E-state index contributed by atoms with van der Waals surface area (Å²) in [5, 5.41) is 26.5. The number of thioether (sulfide) groups is 1. The van der Waals surface area contributed by atoms with Gasteiger partial charge in [-0.15, -0.1) is 23.1 Å². The van der Waals surface area contributed by atoms with E-state index in [4.69, 9.17) is 10.5 Å². The molecule has 1 aromatic rings. The van der Waals surface area contributed by atoms with Gasteiger partial charge < -0.3 is 40.7 Å². The first-order chi connectivity index (χ1) is 14.6. The summed E-state index contributed by atoms with van der Waals surface area (Å²) in [5.41, 5.74) is 3.00. The Balaban J connectivity index is 0.00000363.